The van der Waals surface area contributed by atoms with E-state index in [2.05, 4.69) is 37.2 Å². The smallest absolute Gasteiger partial charge is 0.256 e. The molecule has 0 fully saturated rings. The molecule has 98 valence electrons. The number of nitrogen functional groups attached to an aromatic ring is 1. The molecule has 0 bridgehead atoms. The summed E-state index contributed by atoms with van der Waals surface area (Å²) in [5.74, 6) is -0.183. The van der Waals surface area contributed by atoms with E-state index in [1.165, 1.54) is 0 Å². The number of hydrogen-bond donors (Lipinski definition) is 2. The Hall–Kier alpha value is -1.33. The van der Waals surface area contributed by atoms with Crippen molar-refractivity contribution in [3.63, 3.8) is 0 Å². The predicted molar refractivity (Wildman–Crippen MR) is 85.4 cm³/mol. The molecule has 5 heteroatoms. The third-order valence-corrected chi connectivity index (χ3v) is 4.14. The SMILES string of the molecule is Cc1c(N)cccc1C(=O)Nc1c(Br)cccc1Br. The summed E-state index contributed by atoms with van der Waals surface area (Å²) >= 11 is 6.82. The van der Waals surface area contributed by atoms with Crippen LogP contribution in [0.3, 0.4) is 0 Å². The number of amides is 1. The lowest BCUT2D eigenvalue weighted by Crippen LogP contribution is -2.14. The van der Waals surface area contributed by atoms with E-state index in [9.17, 15) is 4.79 Å². The summed E-state index contributed by atoms with van der Waals surface area (Å²) in [6.07, 6.45) is 0. The van der Waals surface area contributed by atoms with E-state index in [4.69, 9.17) is 5.73 Å². The fourth-order valence-corrected chi connectivity index (χ4v) is 2.89. The van der Waals surface area contributed by atoms with Gasteiger partial charge in [-0.15, -0.1) is 0 Å². The van der Waals surface area contributed by atoms with Crippen LogP contribution in [0.25, 0.3) is 0 Å². The first-order valence-electron chi connectivity index (χ1n) is 5.61. The highest BCUT2D eigenvalue weighted by atomic mass is 79.9. The zero-order chi connectivity index (χ0) is 14.0. The summed E-state index contributed by atoms with van der Waals surface area (Å²) in [4.78, 5) is 12.3. The van der Waals surface area contributed by atoms with Crippen molar-refractivity contribution >= 4 is 49.1 Å². The number of nitrogens with one attached hydrogen (secondary N) is 1. The van der Waals surface area contributed by atoms with E-state index in [-0.39, 0.29) is 5.91 Å². The van der Waals surface area contributed by atoms with Gasteiger partial charge in [0.15, 0.2) is 0 Å². The second kappa shape index (κ2) is 5.75. The number of rotatable bonds is 2. The molecule has 0 atom stereocenters. The number of benzene rings is 2. The molecular formula is C14H12Br2N2O. The van der Waals surface area contributed by atoms with Crippen molar-refractivity contribution in [1.29, 1.82) is 0 Å². The molecular weight excluding hydrogens is 372 g/mol. The molecule has 0 aliphatic carbocycles. The van der Waals surface area contributed by atoms with Crippen LogP contribution in [0.4, 0.5) is 11.4 Å². The lowest BCUT2D eigenvalue weighted by atomic mass is 10.1. The molecule has 2 aromatic carbocycles. The predicted octanol–water partition coefficient (Wildman–Crippen LogP) is 4.35. The molecule has 0 spiro atoms. The van der Waals surface area contributed by atoms with Crippen LogP contribution in [0, 0.1) is 6.92 Å². The van der Waals surface area contributed by atoms with E-state index in [1.54, 1.807) is 18.2 Å². The van der Waals surface area contributed by atoms with Crippen LogP contribution in [0.1, 0.15) is 15.9 Å². The van der Waals surface area contributed by atoms with Crippen molar-refractivity contribution in [2.45, 2.75) is 6.92 Å². The Kier molecular flexibility index (Phi) is 4.27. The summed E-state index contributed by atoms with van der Waals surface area (Å²) in [5, 5.41) is 2.87. The number of hydrogen-bond acceptors (Lipinski definition) is 2. The fraction of sp³-hybridized carbons (Fsp3) is 0.0714. The van der Waals surface area contributed by atoms with Crippen molar-refractivity contribution in [3.05, 3.63) is 56.5 Å². The van der Waals surface area contributed by atoms with Crippen LogP contribution in [-0.4, -0.2) is 5.91 Å². The normalized spacial score (nSPS) is 10.3. The minimum absolute atomic E-state index is 0.183. The maximum absolute atomic E-state index is 12.3. The van der Waals surface area contributed by atoms with Crippen LogP contribution < -0.4 is 11.1 Å². The zero-order valence-corrected chi connectivity index (χ0v) is 13.4. The van der Waals surface area contributed by atoms with Crippen LogP contribution >= 0.6 is 31.9 Å². The van der Waals surface area contributed by atoms with Gasteiger partial charge in [0.1, 0.15) is 0 Å². The first-order chi connectivity index (χ1) is 9.00. The highest BCUT2D eigenvalue weighted by molar-refractivity contribution is 9.11. The molecule has 19 heavy (non-hydrogen) atoms. The molecule has 0 aromatic heterocycles. The Morgan fingerprint density at radius 3 is 2.32 bits per heavy atom. The van der Waals surface area contributed by atoms with E-state index >= 15 is 0 Å². The van der Waals surface area contributed by atoms with Gasteiger partial charge in [0.25, 0.3) is 5.91 Å². The van der Waals surface area contributed by atoms with Crippen LogP contribution in [0.5, 0.6) is 0 Å². The monoisotopic (exact) mass is 382 g/mol. The van der Waals surface area contributed by atoms with Crippen LogP contribution in [0.2, 0.25) is 0 Å². The molecule has 2 aromatic rings. The standard InChI is InChI=1S/C14H12Br2N2O/c1-8-9(4-2-7-12(8)17)14(19)18-13-10(15)5-3-6-11(13)16/h2-7H,17H2,1H3,(H,18,19). The first-order valence-corrected chi connectivity index (χ1v) is 7.19. The minimum Gasteiger partial charge on any atom is -0.398 e. The van der Waals surface area contributed by atoms with E-state index in [1.807, 2.05) is 25.1 Å². The van der Waals surface area contributed by atoms with Crippen LogP contribution in [-0.2, 0) is 0 Å². The van der Waals surface area contributed by atoms with Gasteiger partial charge in [-0.25, -0.2) is 0 Å². The van der Waals surface area contributed by atoms with Gasteiger partial charge in [-0.3, -0.25) is 4.79 Å². The van der Waals surface area contributed by atoms with Crippen molar-refractivity contribution < 1.29 is 4.79 Å². The zero-order valence-electron chi connectivity index (χ0n) is 10.2. The Morgan fingerprint density at radius 2 is 1.68 bits per heavy atom. The number of halogens is 2. The largest absolute Gasteiger partial charge is 0.398 e. The Balaban J connectivity index is 2.34. The van der Waals surface area contributed by atoms with Gasteiger partial charge in [-0.2, -0.15) is 0 Å². The van der Waals surface area contributed by atoms with Crippen LogP contribution in [0.15, 0.2) is 45.3 Å². The van der Waals surface area contributed by atoms with E-state index in [0.29, 0.717) is 16.9 Å². The summed E-state index contributed by atoms with van der Waals surface area (Å²) < 4.78 is 1.63. The van der Waals surface area contributed by atoms with Gasteiger partial charge in [-0.1, -0.05) is 12.1 Å². The molecule has 1 amide bonds. The molecule has 0 heterocycles. The highest BCUT2D eigenvalue weighted by Crippen LogP contribution is 2.31. The summed E-state index contributed by atoms with van der Waals surface area (Å²) in [6, 6.07) is 10.9. The topological polar surface area (TPSA) is 55.1 Å². The number of nitrogens with two attached hydrogens (primary N) is 1. The molecule has 0 aliphatic heterocycles. The summed E-state index contributed by atoms with van der Waals surface area (Å²) in [5.41, 5.74) is 8.48. The molecule has 0 unspecified atom stereocenters. The Labute approximate surface area is 128 Å². The Bertz CT molecular complexity index is 621. The van der Waals surface area contributed by atoms with E-state index in [0.717, 1.165) is 14.5 Å². The summed E-state index contributed by atoms with van der Waals surface area (Å²) in [6.45, 7) is 1.83. The second-order valence-electron chi connectivity index (χ2n) is 4.07. The third kappa shape index (κ3) is 2.98. The molecule has 0 aliphatic rings. The molecule has 3 nitrogen and oxygen atoms in total. The number of anilines is 2. The lowest BCUT2D eigenvalue weighted by Gasteiger charge is -2.12. The molecule has 0 saturated heterocycles. The van der Waals surface area contributed by atoms with Gasteiger partial charge in [0.2, 0.25) is 0 Å². The van der Waals surface area contributed by atoms with Crippen molar-refractivity contribution in [1.82, 2.24) is 0 Å². The maximum Gasteiger partial charge on any atom is 0.256 e. The van der Waals surface area contributed by atoms with Crippen molar-refractivity contribution in [2.75, 3.05) is 11.1 Å². The van der Waals surface area contributed by atoms with Gasteiger partial charge < -0.3 is 11.1 Å². The molecule has 2 rings (SSSR count). The van der Waals surface area contributed by atoms with Gasteiger partial charge >= 0.3 is 0 Å². The maximum atomic E-state index is 12.3. The van der Waals surface area contributed by atoms with Gasteiger partial charge in [0, 0.05) is 20.2 Å². The molecule has 0 saturated carbocycles. The van der Waals surface area contributed by atoms with Crippen molar-refractivity contribution in [2.24, 2.45) is 0 Å². The average molecular weight is 384 g/mol. The number of para-hydroxylation sites is 1. The first kappa shape index (κ1) is 14.1. The quantitative estimate of drug-likeness (QED) is 0.757. The Morgan fingerprint density at radius 1 is 1.11 bits per heavy atom. The average Bonchev–Trinajstić information content (AvgIpc) is 2.37. The number of carbonyl (C=O) groups is 1. The van der Waals surface area contributed by atoms with Gasteiger partial charge in [0.05, 0.1) is 5.69 Å². The van der Waals surface area contributed by atoms with E-state index < -0.39 is 0 Å². The summed E-state index contributed by atoms with van der Waals surface area (Å²) in [7, 11) is 0. The fourth-order valence-electron chi connectivity index (χ4n) is 1.70. The number of carbonyl (C=O) groups excluding carboxylic acids is 1. The highest BCUT2D eigenvalue weighted by Gasteiger charge is 2.13. The third-order valence-electron chi connectivity index (χ3n) is 2.82. The molecule has 3 N–H and O–H groups in total. The van der Waals surface area contributed by atoms with Crippen molar-refractivity contribution in [3.8, 4) is 0 Å². The minimum atomic E-state index is -0.183. The van der Waals surface area contributed by atoms with Gasteiger partial charge in [-0.05, 0) is 68.6 Å². The second-order valence-corrected chi connectivity index (χ2v) is 5.78. The lowest BCUT2D eigenvalue weighted by molar-refractivity contribution is 0.102. The molecule has 0 radical (unpaired) electrons.